The van der Waals surface area contributed by atoms with Gasteiger partial charge in [0.05, 0.1) is 32.9 Å². The van der Waals surface area contributed by atoms with Gasteiger partial charge in [-0.1, -0.05) is 17.7 Å². The van der Waals surface area contributed by atoms with E-state index in [1.54, 1.807) is 24.3 Å². The van der Waals surface area contributed by atoms with Crippen molar-refractivity contribution in [3.63, 3.8) is 0 Å². The molecule has 31 heteroatoms. The van der Waals surface area contributed by atoms with Crippen molar-refractivity contribution in [2.45, 2.75) is 36.3 Å². The highest BCUT2D eigenvalue weighted by Gasteiger charge is 2.30. The topological polar surface area (TPSA) is 420 Å². The van der Waals surface area contributed by atoms with Gasteiger partial charge in [-0.2, -0.15) is 42.1 Å². The molecular formula is C33H24N6O19S6. The van der Waals surface area contributed by atoms with Gasteiger partial charge in [0, 0.05) is 39.3 Å². The minimum absolute atomic E-state index is 0.170. The first kappa shape index (κ1) is 47.2. The molecular weight excluding hydrogens is 977 g/mol. The number of nitrogen functional groups attached to an aromatic ring is 1. The normalized spacial score (nSPS) is 13.0. The van der Waals surface area contributed by atoms with Gasteiger partial charge in [0.1, 0.15) is 48.1 Å². The predicted octanol–water partition coefficient (Wildman–Crippen LogP) is 6.65. The Kier molecular flexibility index (Phi) is 12.3. The van der Waals surface area contributed by atoms with Gasteiger partial charge >= 0.3 is 0 Å². The van der Waals surface area contributed by atoms with E-state index in [1.807, 2.05) is 6.92 Å². The standard InChI is InChI=1S/C33H24N6O19S6/c1-15-2-5-17(6-3-15)59-58-25-12-18(60(43,44)45)11-20-19(25)7-9-23(33(20)64(55,56)57)36-37-24-14-26(61(46,47)48)21-13-28(63(52,53)54)31(32(40)29(21)30(24)34)38-35-22-8-4-16(39(41)42)10-27(22)62(49,50)51/h2-14,40H,34H2,1H3,(H,43,44,45)(H,46,47,48)(H,49,50,51)(H,52,53,54)(H,55,56,57). The van der Waals surface area contributed by atoms with E-state index in [1.165, 1.54) is 0 Å². The largest absolute Gasteiger partial charge is 0.505 e. The van der Waals surface area contributed by atoms with Crippen molar-refractivity contribution in [2.75, 3.05) is 5.73 Å². The van der Waals surface area contributed by atoms with Gasteiger partial charge in [0.2, 0.25) is 0 Å². The van der Waals surface area contributed by atoms with Gasteiger partial charge < -0.3 is 15.0 Å². The molecule has 0 spiro atoms. The Balaban J connectivity index is 1.59. The van der Waals surface area contributed by atoms with Crippen LogP contribution in [-0.4, -0.2) is 74.9 Å². The number of nitro groups is 1. The molecule has 0 saturated heterocycles. The van der Waals surface area contributed by atoms with Crippen molar-refractivity contribution in [3.05, 3.63) is 94.5 Å². The zero-order chi connectivity index (χ0) is 47.5. The molecule has 0 aliphatic rings. The van der Waals surface area contributed by atoms with E-state index >= 15 is 0 Å². The van der Waals surface area contributed by atoms with Gasteiger partial charge in [-0.05, 0) is 55.5 Å². The third-order valence-electron chi connectivity index (χ3n) is 8.63. The van der Waals surface area contributed by atoms with Crippen LogP contribution in [0.15, 0.2) is 129 Å². The van der Waals surface area contributed by atoms with Crippen molar-refractivity contribution in [1.82, 2.24) is 0 Å². The van der Waals surface area contributed by atoms with Crippen molar-refractivity contribution in [2.24, 2.45) is 20.5 Å². The molecule has 0 unspecified atom stereocenters. The number of anilines is 1. The second-order valence-corrected chi connectivity index (χ2v) is 20.7. The number of nitrogens with two attached hydrogens (primary N) is 1. The van der Waals surface area contributed by atoms with Crippen molar-refractivity contribution in [3.8, 4) is 11.5 Å². The summed E-state index contributed by atoms with van der Waals surface area (Å²) >= 11 is 0.706. The Morgan fingerprint density at radius 3 is 1.75 bits per heavy atom. The Bertz CT molecular complexity index is 3640. The molecule has 8 N–H and O–H groups in total. The first-order valence-electron chi connectivity index (χ1n) is 16.6. The summed E-state index contributed by atoms with van der Waals surface area (Å²) < 4.78 is 181. The van der Waals surface area contributed by atoms with Crippen LogP contribution in [0, 0.1) is 17.0 Å². The van der Waals surface area contributed by atoms with Gasteiger partial charge in [-0.25, -0.2) is 0 Å². The van der Waals surface area contributed by atoms with Crippen LogP contribution in [-0.2, 0) is 50.6 Å². The van der Waals surface area contributed by atoms with E-state index in [9.17, 15) is 80.1 Å². The number of rotatable bonds is 13. The summed E-state index contributed by atoms with van der Waals surface area (Å²) in [5, 5.41) is 34.2. The number of phenolic OH excluding ortho intramolecular Hbond substituents is 1. The molecule has 0 atom stereocenters. The Morgan fingerprint density at radius 1 is 0.609 bits per heavy atom. The molecule has 0 saturated carbocycles. The molecule has 0 aliphatic heterocycles. The molecule has 6 aromatic carbocycles. The molecule has 6 aromatic rings. The summed E-state index contributed by atoms with van der Waals surface area (Å²) in [5.74, 6) is -1.81. The maximum Gasteiger partial charge on any atom is 0.297 e. The Labute approximate surface area is 364 Å². The minimum atomic E-state index is -5.59. The first-order valence-corrected chi connectivity index (χ1v) is 24.5. The fourth-order valence-electron chi connectivity index (χ4n) is 5.81. The van der Waals surface area contributed by atoms with Crippen molar-refractivity contribution in [1.29, 1.82) is 0 Å². The lowest BCUT2D eigenvalue weighted by Crippen LogP contribution is -2.04. The summed E-state index contributed by atoms with van der Waals surface area (Å²) in [6, 6.07) is 12.7. The summed E-state index contributed by atoms with van der Waals surface area (Å²) in [5.41, 5.74) is 1.48. The molecule has 6 rings (SSSR count). The van der Waals surface area contributed by atoms with Crippen LogP contribution in [0.5, 0.6) is 11.5 Å². The first-order chi connectivity index (χ1) is 29.5. The number of fused-ring (bicyclic) bond motifs is 2. The molecule has 0 bridgehead atoms. The number of nitro benzene ring substituents is 1. The second kappa shape index (κ2) is 16.7. The number of hydrogen-bond donors (Lipinski definition) is 7. The van der Waals surface area contributed by atoms with Gasteiger partial charge in [0.25, 0.3) is 56.3 Å². The molecule has 0 aromatic heterocycles. The highest BCUT2D eigenvalue weighted by atomic mass is 32.2. The van der Waals surface area contributed by atoms with E-state index in [4.69, 9.17) is 9.92 Å². The lowest BCUT2D eigenvalue weighted by molar-refractivity contribution is -0.385. The number of hydrogen-bond acceptors (Lipinski definition) is 20. The summed E-state index contributed by atoms with van der Waals surface area (Å²) in [6.07, 6.45) is 0. The molecule has 25 nitrogen and oxygen atoms in total. The van der Waals surface area contributed by atoms with Crippen LogP contribution < -0.4 is 9.92 Å². The monoisotopic (exact) mass is 1000 g/mol. The Morgan fingerprint density at radius 2 is 1.19 bits per heavy atom. The lowest BCUT2D eigenvalue weighted by atomic mass is 10.0. The van der Waals surface area contributed by atoms with Gasteiger partial charge in [-0.15, -0.1) is 20.5 Å². The third-order valence-corrected chi connectivity index (χ3v) is 13.8. The molecule has 64 heavy (non-hydrogen) atoms. The summed E-state index contributed by atoms with van der Waals surface area (Å²) in [7, 11) is -27.0. The minimum Gasteiger partial charge on any atom is -0.505 e. The summed E-state index contributed by atoms with van der Waals surface area (Å²) in [6.45, 7) is 1.81. The molecule has 336 valence electrons. The maximum atomic E-state index is 12.9. The highest BCUT2D eigenvalue weighted by Crippen LogP contribution is 2.49. The average molecular weight is 1000 g/mol. The molecule has 0 amide bonds. The third kappa shape index (κ3) is 9.77. The average Bonchev–Trinajstić information content (AvgIpc) is 3.17. The molecule has 0 radical (unpaired) electrons. The number of benzene rings is 6. The molecule has 0 aliphatic carbocycles. The number of azo groups is 2. The van der Waals surface area contributed by atoms with E-state index in [-0.39, 0.29) is 11.1 Å². The second-order valence-electron chi connectivity index (χ2n) is 12.9. The SMILES string of the molecule is Cc1ccc(SOc2cc(S(=O)(=O)O)cc3c(S(=O)(=O)O)c(N=Nc4cc(S(=O)(=O)O)c5cc(S(=O)(=O)O)c(N=Nc6ccc([N+](=O)[O-])cc6S(=O)(=O)O)c(O)c5c4N)ccc23)cc1. The number of nitrogens with zero attached hydrogens (tertiary/aromatic N) is 5. The van der Waals surface area contributed by atoms with Crippen LogP contribution >= 0.6 is 12.0 Å². The smallest absolute Gasteiger partial charge is 0.297 e. The number of aryl methyl sites for hydroxylation is 1. The van der Waals surface area contributed by atoms with Gasteiger partial charge in [0.15, 0.2) is 5.75 Å². The van der Waals surface area contributed by atoms with E-state index < -0.39 is 136 Å². The lowest BCUT2D eigenvalue weighted by Gasteiger charge is -2.15. The van der Waals surface area contributed by atoms with E-state index in [0.29, 0.717) is 53.3 Å². The Hall–Kier alpha value is -6.26. The summed E-state index contributed by atoms with van der Waals surface area (Å²) in [4.78, 5) is 4.61. The van der Waals surface area contributed by atoms with Crippen molar-refractivity contribution < 1.29 is 79.1 Å². The van der Waals surface area contributed by atoms with Crippen LogP contribution in [0.3, 0.4) is 0 Å². The molecule has 0 fully saturated rings. The van der Waals surface area contributed by atoms with E-state index in [0.717, 1.165) is 23.8 Å². The van der Waals surface area contributed by atoms with E-state index in [2.05, 4.69) is 20.5 Å². The van der Waals surface area contributed by atoms with Crippen LogP contribution in [0.25, 0.3) is 21.5 Å². The fraction of sp³-hybridized carbons (Fsp3) is 0.0303. The number of non-ortho nitro benzene ring substituents is 1. The quantitative estimate of drug-likeness (QED) is 0.0159. The predicted molar refractivity (Wildman–Crippen MR) is 222 cm³/mol. The van der Waals surface area contributed by atoms with Crippen LogP contribution in [0.4, 0.5) is 34.1 Å². The maximum absolute atomic E-state index is 12.9. The van der Waals surface area contributed by atoms with Crippen LogP contribution in [0.2, 0.25) is 0 Å². The number of phenols is 1. The van der Waals surface area contributed by atoms with Gasteiger partial charge in [-0.3, -0.25) is 32.9 Å². The highest BCUT2D eigenvalue weighted by molar-refractivity contribution is 7.95. The number of aromatic hydroxyl groups is 1. The zero-order valence-corrected chi connectivity index (χ0v) is 36.2. The van der Waals surface area contributed by atoms with Crippen LogP contribution in [0.1, 0.15) is 5.56 Å². The zero-order valence-electron chi connectivity index (χ0n) is 31.3. The fourth-order valence-corrected chi connectivity index (χ4v) is 9.71. The van der Waals surface area contributed by atoms with Crippen molar-refractivity contribution >= 4 is 118 Å². The molecule has 0 heterocycles.